The van der Waals surface area contributed by atoms with Gasteiger partial charge in [-0.05, 0) is 5.41 Å². The number of benzene rings is 1. The van der Waals surface area contributed by atoms with E-state index in [9.17, 15) is 27.1 Å². The van der Waals surface area contributed by atoms with Crippen molar-refractivity contribution < 1.29 is 27.1 Å². The minimum Gasteiger partial charge on any atom is -0.391 e. The van der Waals surface area contributed by atoms with Crippen LogP contribution >= 0.6 is 12.4 Å². The number of halogens is 6. The van der Waals surface area contributed by atoms with Gasteiger partial charge in [0.25, 0.3) is 0 Å². The standard InChI is InChI=1S/C12H14F5NO.ClH/c1-12(2,3)11(19)10(18)4-5(13)7(15)9(17)8(16)6(4)14;/h10-11,19H,18H2,1-3H3;1H/t10-,11-;/m0./s1. The van der Waals surface area contributed by atoms with E-state index in [2.05, 4.69) is 0 Å². The molecule has 0 heterocycles. The summed E-state index contributed by atoms with van der Waals surface area (Å²) >= 11 is 0. The smallest absolute Gasteiger partial charge is 0.200 e. The van der Waals surface area contributed by atoms with Crippen molar-refractivity contribution in [3.05, 3.63) is 34.6 Å². The first kappa shape index (κ1) is 19.1. The lowest BCUT2D eigenvalue weighted by molar-refractivity contribution is 0.0375. The molecular formula is C12H15ClF5NO. The van der Waals surface area contributed by atoms with Crippen LogP contribution in [-0.4, -0.2) is 11.2 Å². The molecule has 1 aromatic carbocycles. The molecule has 8 heteroatoms. The van der Waals surface area contributed by atoms with Gasteiger partial charge in [0.2, 0.25) is 5.82 Å². The van der Waals surface area contributed by atoms with Crippen LogP contribution in [0, 0.1) is 34.5 Å². The van der Waals surface area contributed by atoms with Crippen molar-refractivity contribution in [2.24, 2.45) is 11.1 Å². The first-order valence-electron chi connectivity index (χ1n) is 5.45. The van der Waals surface area contributed by atoms with Crippen molar-refractivity contribution in [3.63, 3.8) is 0 Å². The van der Waals surface area contributed by atoms with Crippen LogP contribution in [0.5, 0.6) is 0 Å². The third-order valence-corrected chi connectivity index (χ3v) is 2.80. The maximum absolute atomic E-state index is 13.5. The quantitative estimate of drug-likeness (QED) is 0.499. The van der Waals surface area contributed by atoms with Gasteiger partial charge in [-0.25, -0.2) is 22.0 Å². The van der Waals surface area contributed by atoms with Gasteiger partial charge < -0.3 is 10.8 Å². The summed E-state index contributed by atoms with van der Waals surface area (Å²) in [6, 6.07) is -1.73. The predicted octanol–water partition coefficient (Wildman–Crippen LogP) is 3.21. The second-order valence-corrected chi connectivity index (χ2v) is 5.32. The normalized spacial score (nSPS) is 14.7. The SMILES string of the molecule is CC(C)(C)[C@@H](O)[C@@H](N)c1c(F)c(F)c(F)c(F)c1F.Cl. The first-order valence-corrected chi connectivity index (χ1v) is 5.45. The van der Waals surface area contributed by atoms with Gasteiger partial charge in [0, 0.05) is 5.56 Å². The highest BCUT2D eigenvalue weighted by atomic mass is 35.5. The van der Waals surface area contributed by atoms with Crippen molar-refractivity contribution in [2.45, 2.75) is 32.9 Å². The molecule has 116 valence electrons. The molecule has 0 spiro atoms. The molecule has 20 heavy (non-hydrogen) atoms. The minimum absolute atomic E-state index is 0. The van der Waals surface area contributed by atoms with Gasteiger partial charge in [-0.15, -0.1) is 12.4 Å². The molecule has 2 nitrogen and oxygen atoms in total. The zero-order chi connectivity index (χ0) is 15.1. The van der Waals surface area contributed by atoms with Crippen LogP contribution in [0.25, 0.3) is 0 Å². The maximum Gasteiger partial charge on any atom is 0.200 e. The largest absolute Gasteiger partial charge is 0.391 e. The third kappa shape index (κ3) is 3.21. The molecular weight excluding hydrogens is 305 g/mol. The monoisotopic (exact) mass is 319 g/mol. The maximum atomic E-state index is 13.5. The molecule has 1 rings (SSSR count). The molecule has 0 radical (unpaired) electrons. The molecule has 0 bridgehead atoms. The van der Waals surface area contributed by atoms with Crippen LogP contribution in [0.3, 0.4) is 0 Å². The number of aliphatic hydroxyl groups excluding tert-OH is 1. The molecule has 0 aromatic heterocycles. The van der Waals surface area contributed by atoms with Crippen LogP contribution < -0.4 is 5.73 Å². The minimum atomic E-state index is -2.25. The summed E-state index contributed by atoms with van der Waals surface area (Å²) in [5, 5.41) is 9.81. The lowest BCUT2D eigenvalue weighted by Gasteiger charge is -2.31. The number of nitrogens with two attached hydrogens (primary N) is 1. The summed E-state index contributed by atoms with van der Waals surface area (Å²) in [6.45, 7) is 4.55. The predicted molar refractivity (Wildman–Crippen MR) is 65.9 cm³/mol. The van der Waals surface area contributed by atoms with E-state index in [1.165, 1.54) is 20.8 Å². The lowest BCUT2D eigenvalue weighted by Crippen LogP contribution is -2.38. The van der Waals surface area contributed by atoms with Gasteiger partial charge in [0.05, 0.1) is 12.1 Å². The Morgan fingerprint density at radius 1 is 0.850 bits per heavy atom. The second-order valence-electron chi connectivity index (χ2n) is 5.32. The summed E-state index contributed by atoms with van der Waals surface area (Å²) in [7, 11) is 0. The fourth-order valence-corrected chi connectivity index (χ4v) is 1.61. The van der Waals surface area contributed by atoms with E-state index >= 15 is 0 Å². The van der Waals surface area contributed by atoms with Gasteiger partial charge in [-0.1, -0.05) is 20.8 Å². The fraction of sp³-hybridized carbons (Fsp3) is 0.500. The number of hydrogen-bond donors (Lipinski definition) is 2. The highest BCUT2D eigenvalue weighted by Gasteiger charge is 2.36. The number of rotatable bonds is 2. The zero-order valence-corrected chi connectivity index (χ0v) is 11.8. The van der Waals surface area contributed by atoms with Crippen LogP contribution in [0.15, 0.2) is 0 Å². The van der Waals surface area contributed by atoms with Gasteiger partial charge in [0.1, 0.15) is 0 Å². The third-order valence-electron chi connectivity index (χ3n) is 2.80. The van der Waals surface area contributed by atoms with Crippen LogP contribution in [0.1, 0.15) is 32.4 Å². The topological polar surface area (TPSA) is 46.2 Å². The Hall–Kier alpha value is -0.920. The van der Waals surface area contributed by atoms with Crippen molar-refractivity contribution in [2.75, 3.05) is 0 Å². The molecule has 1 aromatic rings. The average Bonchev–Trinajstić information content (AvgIpc) is 2.31. The van der Waals surface area contributed by atoms with E-state index in [-0.39, 0.29) is 12.4 Å². The Morgan fingerprint density at radius 3 is 1.45 bits per heavy atom. The molecule has 0 saturated carbocycles. The summed E-state index contributed by atoms with van der Waals surface area (Å²) < 4.78 is 65.9. The Kier molecular flexibility index (Phi) is 5.95. The summed E-state index contributed by atoms with van der Waals surface area (Å²) in [5.74, 6) is -10.5. The lowest BCUT2D eigenvalue weighted by atomic mass is 9.82. The summed E-state index contributed by atoms with van der Waals surface area (Å²) in [6.07, 6.45) is -1.49. The Bertz CT molecular complexity index is 475. The molecule has 0 aliphatic heterocycles. The Morgan fingerprint density at radius 2 is 1.15 bits per heavy atom. The molecule has 0 aliphatic rings. The van der Waals surface area contributed by atoms with E-state index in [1.54, 1.807) is 0 Å². The zero-order valence-electron chi connectivity index (χ0n) is 11.0. The van der Waals surface area contributed by atoms with Gasteiger partial charge >= 0.3 is 0 Å². The van der Waals surface area contributed by atoms with Crippen LogP contribution in [0.2, 0.25) is 0 Å². The van der Waals surface area contributed by atoms with Crippen molar-refractivity contribution in [1.29, 1.82) is 0 Å². The second kappa shape index (κ2) is 6.24. The number of aliphatic hydroxyl groups is 1. The molecule has 0 aliphatic carbocycles. The van der Waals surface area contributed by atoms with Crippen molar-refractivity contribution in [1.82, 2.24) is 0 Å². The van der Waals surface area contributed by atoms with Gasteiger partial charge in [-0.2, -0.15) is 0 Å². The highest BCUT2D eigenvalue weighted by Crippen LogP contribution is 2.33. The fourth-order valence-electron chi connectivity index (χ4n) is 1.61. The van der Waals surface area contributed by atoms with E-state index in [0.29, 0.717) is 0 Å². The Balaban J connectivity index is 0.00000361. The van der Waals surface area contributed by atoms with Gasteiger partial charge in [-0.3, -0.25) is 0 Å². The van der Waals surface area contributed by atoms with Crippen LogP contribution in [0.4, 0.5) is 22.0 Å². The van der Waals surface area contributed by atoms with Crippen molar-refractivity contribution >= 4 is 12.4 Å². The average molecular weight is 320 g/mol. The molecule has 0 unspecified atom stereocenters. The van der Waals surface area contributed by atoms with E-state index in [1.807, 2.05) is 0 Å². The molecule has 3 N–H and O–H groups in total. The number of hydrogen-bond acceptors (Lipinski definition) is 2. The summed E-state index contributed by atoms with van der Waals surface area (Å²) in [4.78, 5) is 0. The molecule has 0 saturated heterocycles. The molecule has 0 amide bonds. The van der Waals surface area contributed by atoms with Gasteiger partial charge in [0.15, 0.2) is 23.3 Å². The van der Waals surface area contributed by atoms with Crippen molar-refractivity contribution in [3.8, 4) is 0 Å². The van der Waals surface area contributed by atoms with E-state index < -0.39 is 52.2 Å². The van der Waals surface area contributed by atoms with E-state index in [0.717, 1.165) is 0 Å². The Labute approximate surface area is 119 Å². The first-order chi connectivity index (χ1) is 8.50. The van der Waals surface area contributed by atoms with E-state index in [4.69, 9.17) is 5.73 Å². The van der Waals surface area contributed by atoms with Crippen LogP contribution in [-0.2, 0) is 0 Å². The summed E-state index contributed by atoms with van der Waals surface area (Å²) in [5.41, 5.74) is 3.33. The molecule has 0 fully saturated rings. The highest BCUT2D eigenvalue weighted by molar-refractivity contribution is 5.85. The molecule has 2 atom stereocenters.